The van der Waals surface area contributed by atoms with E-state index in [4.69, 9.17) is 0 Å². The molecule has 1 atom stereocenters. The minimum atomic E-state index is -0.303. The maximum atomic E-state index is 13.1. The van der Waals surface area contributed by atoms with Gasteiger partial charge < -0.3 is 15.5 Å². The molecule has 2 aromatic carbocycles. The first-order valence-corrected chi connectivity index (χ1v) is 8.11. The second kappa shape index (κ2) is 8.28. The van der Waals surface area contributed by atoms with Crippen LogP contribution >= 0.6 is 0 Å². The van der Waals surface area contributed by atoms with E-state index in [9.17, 15) is 14.0 Å². The lowest BCUT2D eigenvalue weighted by atomic mass is 10.1. The zero-order valence-electron chi connectivity index (χ0n) is 14.5. The Hall–Kier alpha value is -2.89. The van der Waals surface area contributed by atoms with Crippen LogP contribution < -0.4 is 10.6 Å². The van der Waals surface area contributed by atoms with E-state index < -0.39 is 0 Å². The van der Waals surface area contributed by atoms with Crippen LogP contribution in [-0.4, -0.2) is 23.4 Å². The van der Waals surface area contributed by atoms with Crippen molar-refractivity contribution in [1.82, 2.24) is 4.90 Å². The minimum Gasteiger partial charge on any atom is -0.326 e. The Bertz CT molecular complexity index is 729. The molecule has 6 heteroatoms. The fourth-order valence-corrected chi connectivity index (χ4v) is 2.55. The van der Waals surface area contributed by atoms with E-state index in [0.29, 0.717) is 17.9 Å². The molecule has 0 spiro atoms. The normalized spacial score (nSPS) is 11.5. The number of rotatable bonds is 5. The van der Waals surface area contributed by atoms with Gasteiger partial charge in [0.15, 0.2) is 0 Å². The number of anilines is 2. The van der Waals surface area contributed by atoms with Gasteiger partial charge in [0.2, 0.25) is 5.91 Å². The average Bonchev–Trinajstić information content (AvgIpc) is 2.57. The van der Waals surface area contributed by atoms with Gasteiger partial charge in [0.25, 0.3) is 0 Å². The monoisotopic (exact) mass is 343 g/mol. The van der Waals surface area contributed by atoms with Gasteiger partial charge in [-0.2, -0.15) is 0 Å². The van der Waals surface area contributed by atoms with Crippen LogP contribution in [0.25, 0.3) is 0 Å². The smallest absolute Gasteiger partial charge is 0.322 e. The van der Waals surface area contributed by atoms with Crippen LogP contribution in [0, 0.1) is 5.82 Å². The number of amides is 3. The molecule has 2 aromatic rings. The number of benzene rings is 2. The predicted octanol–water partition coefficient (Wildman–Crippen LogP) is 4.40. The van der Waals surface area contributed by atoms with Crippen LogP contribution in [0.4, 0.5) is 20.6 Å². The molecule has 0 fully saturated rings. The third-order valence-electron chi connectivity index (χ3n) is 3.88. The van der Waals surface area contributed by atoms with E-state index in [0.717, 1.165) is 5.56 Å². The van der Waals surface area contributed by atoms with Crippen molar-refractivity contribution in [3.63, 3.8) is 0 Å². The second-order valence-corrected chi connectivity index (χ2v) is 5.70. The van der Waals surface area contributed by atoms with Crippen LogP contribution in [0.5, 0.6) is 0 Å². The lowest BCUT2D eigenvalue weighted by Crippen LogP contribution is -2.36. The van der Waals surface area contributed by atoms with Gasteiger partial charge in [-0.25, -0.2) is 9.18 Å². The molecule has 2 rings (SSSR count). The van der Waals surface area contributed by atoms with Gasteiger partial charge in [0.1, 0.15) is 5.82 Å². The fourth-order valence-electron chi connectivity index (χ4n) is 2.55. The van der Waals surface area contributed by atoms with Gasteiger partial charge in [-0.05, 0) is 55.8 Å². The first kappa shape index (κ1) is 18.4. The molecule has 2 N–H and O–H groups in total. The van der Waals surface area contributed by atoms with Crippen molar-refractivity contribution in [3.8, 4) is 0 Å². The first-order valence-electron chi connectivity index (χ1n) is 8.11. The van der Waals surface area contributed by atoms with Gasteiger partial charge >= 0.3 is 6.03 Å². The highest BCUT2D eigenvalue weighted by atomic mass is 19.1. The summed E-state index contributed by atoms with van der Waals surface area (Å²) in [6.45, 7) is 5.73. The van der Waals surface area contributed by atoms with Crippen LogP contribution in [0.2, 0.25) is 0 Å². The molecular weight excluding hydrogens is 321 g/mol. The molecule has 5 nitrogen and oxygen atoms in total. The lowest BCUT2D eigenvalue weighted by molar-refractivity contribution is -0.114. The highest BCUT2D eigenvalue weighted by Crippen LogP contribution is 2.22. The number of nitrogens with zero attached hydrogens (tertiary/aromatic N) is 1. The summed E-state index contributed by atoms with van der Waals surface area (Å²) in [5.74, 6) is -0.454. The van der Waals surface area contributed by atoms with Gasteiger partial charge in [-0.15, -0.1) is 0 Å². The highest BCUT2D eigenvalue weighted by molar-refractivity contribution is 5.91. The highest BCUT2D eigenvalue weighted by Gasteiger charge is 2.20. The molecule has 0 aliphatic rings. The van der Waals surface area contributed by atoms with E-state index in [-0.39, 0.29) is 23.8 Å². The van der Waals surface area contributed by atoms with Crippen molar-refractivity contribution in [1.29, 1.82) is 0 Å². The summed E-state index contributed by atoms with van der Waals surface area (Å²) >= 11 is 0. The summed E-state index contributed by atoms with van der Waals surface area (Å²) in [6.07, 6.45) is 0. The molecule has 0 unspecified atom stereocenters. The molecule has 0 aromatic heterocycles. The molecule has 0 bridgehead atoms. The van der Waals surface area contributed by atoms with Crippen molar-refractivity contribution in [2.75, 3.05) is 17.2 Å². The molecule has 132 valence electrons. The average molecular weight is 343 g/mol. The Balaban J connectivity index is 2.06. The summed E-state index contributed by atoms with van der Waals surface area (Å²) in [6, 6.07) is 12.6. The number of hydrogen-bond acceptors (Lipinski definition) is 2. The number of halogens is 1. The molecule has 3 amide bonds. The van der Waals surface area contributed by atoms with E-state index in [1.54, 1.807) is 41.3 Å². The Kier molecular flexibility index (Phi) is 6.11. The standard InChI is InChI=1S/C19H22FN3O2/c1-4-23(13(2)15-5-7-16(20)8-6-15)19(25)22-18-11-9-17(10-12-18)21-14(3)24/h5-13H,4H2,1-3H3,(H,21,24)(H,22,25)/t13-/m0/s1. The number of carbonyl (C=O) groups excluding carboxylic acids is 2. The van der Waals surface area contributed by atoms with E-state index >= 15 is 0 Å². The molecular formula is C19H22FN3O2. The van der Waals surface area contributed by atoms with Crippen molar-refractivity contribution >= 4 is 23.3 Å². The Morgan fingerprint density at radius 2 is 1.52 bits per heavy atom. The van der Waals surface area contributed by atoms with Crippen LogP contribution in [0.15, 0.2) is 48.5 Å². The second-order valence-electron chi connectivity index (χ2n) is 5.70. The number of urea groups is 1. The van der Waals surface area contributed by atoms with Crippen LogP contribution in [-0.2, 0) is 4.79 Å². The Labute approximate surface area is 146 Å². The zero-order chi connectivity index (χ0) is 18.4. The SMILES string of the molecule is CCN(C(=O)Nc1ccc(NC(C)=O)cc1)[C@@H](C)c1ccc(F)cc1. The summed E-state index contributed by atoms with van der Waals surface area (Å²) < 4.78 is 13.1. The minimum absolute atomic E-state index is 0.151. The summed E-state index contributed by atoms with van der Waals surface area (Å²) in [4.78, 5) is 25.2. The van der Waals surface area contributed by atoms with E-state index in [2.05, 4.69) is 10.6 Å². The fraction of sp³-hybridized carbons (Fsp3) is 0.263. The summed E-state index contributed by atoms with van der Waals surface area (Å²) in [5.41, 5.74) is 2.15. The molecule has 0 aliphatic heterocycles. The van der Waals surface area contributed by atoms with Crippen LogP contribution in [0.1, 0.15) is 32.4 Å². The third-order valence-corrected chi connectivity index (χ3v) is 3.88. The van der Waals surface area contributed by atoms with E-state index in [1.165, 1.54) is 19.1 Å². The summed E-state index contributed by atoms with van der Waals surface area (Å²) in [7, 11) is 0. The number of hydrogen-bond donors (Lipinski definition) is 2. The molecule has 0 heterocycles. The van der Waals surface area contributed by atoms with Gasteiger partial charge in [0, 0.05) is 24.8 Å². The number of carbonyl (C=O) groups is 2. The predicted molar refractivity (Wildman–Crippen MR) is 97.0 cm³/mol. The largest absolute Gasteiger partial charge is 0.326 e. The maximum Gasteiger partial charge on any atom is 0.322 e. The molecule has 0 saturated heterocycles. The summed E-state index contributed by atoms with van der Waals surface area (Å²) in [5, 5.41) is 5.51. The lowest BCUT2D eigenvalue weighted by Gasteiger charge is -2.28. The first-order chi connectivity index (χ1) is 11.9. The van der Waals surface area contributed by atoms with Crippen molar-refractivity contribution < 1.29 is 14.0 Å². The van der Waals surface area contributed by atoms with Gasteiger partial charge in [-0.3, -0.25) is 4.79 Å². The third kappa shape index (κ3) is 5.04. The van der Waals surface area contributed by atoms with E-state index in [1.807, 2.05) is 13.8 Å². The van der Waals surface area contributed by atoms with Crippen molar-refractivity contribution in [2.24, 2.45) is 0 Å². The molecule has 0 aliphatic carbocycles. The van der Waals surface area contributed by atoms with Crippen LogP contribution in [0.3, 0.4) is 0 Å². The quantitative estimate of drug-likeness (QED) is 0.845. The van der Waals surface area contributed by atoms with Gasteiger partial charge in [-0.1, -0.05) is 12.1 Å². The van der Waals surface area contributed by atoms with Gasteiger partial charge in [0.05, 0.1) is 6.04 Å². The molecule has 0 radical (unpaired) electrons. The molecule has 25 heavy (non-hydrogen) atoms. The zero-order valence-corrected chi connectivity index (χ0v) is 14.5. The Morgan fingerprint density at radius 1 is 1.00 bits per heavy atom. The number of nitrogens with one attached hydrogen (secondary N) is 2. The Morgan fingerprint density at radius 3 is 2.00 bits per heavy atom. The maximum absolute atomic E-state index is 13.1. The topological polar surface area (TPSA) is 61.4 Å². The molecule has 0 saturated carbocycles. The van der Waals surface area contributed by atoms with Crippen molar-refractivity contribution in [2.45, 2.75) is 26.8 Å². The van der Waals surface area contributed by atoms with Crippen molar-refractivity contribution in [3.05, 3.63) is 59.9 Å².